The Morgan fingerprint density at radius 2 is 1.81 bits per heavy atom. The SMILES string of the molecule is COCC(=O)N[C@H]1CC[C@H](CCN2CCN(c3cccc(C(F)(F)F)c3C)CC2)CC1. The van der Waals surface area contributed by atoms with Gasteiger partial charge in [-0.25, -0.2) is 0 Å². The van der Waals surface area contributed by atoms with Gasteiger partial charge in [-0.3, -0.25) is 9.69 Å². The smallest absolute Gasteiger partial charge is 0.375 e. The first-order chi connectivity index (χ1) is 14.8. The molecule has 1 aliphatic carbocycles. The van der Waals surface area contributed by atoms with Crippen LogP contribution in [0.3, 0.4) is 0 Å². The van der Waals surface area contributed by atoms with Crippen LogP contribution in [0.5, 0.6) is 0 Å². The lowest BCUT2D eigenvalue weighted by Crippen LogP contribution is -2.47. The van der Waals surface area contributed by atoms with Crippen molar-refractivity contribution in [3.63, 3.8) is 0 Å². The molecule has 5 nitrogen and oxygen atoms in total. The minimum atomic E-state index is -4.31. The lowest BCUT2D eigenvalue weighted by molar-refractivity contribution is -0.138. The molecule has 0 unspecified atom stereocenters. The summed E-state index contributed by atoms with van der Waals surface area (Å²) in [6.45, 7) is 5.96. The number of hydrogen-bond donors (Lipinski definition) is 1. The Morgan fingerprint density at radius 3 is 2.42 bits per heavy atom. The fraction of sp³-hybridized carbons (Fsp3) is 0.696. The maximum atomic E-state index is 13.2. The highest BCUT2D eigenvalue weighted by molar-refractivity contribution is 5.77. The van der Waals surface area contributed by atoms with Crippen LogP contribution in [-0.2, 0) is 15.7 Å². The molecular weight excluding hydrogens is 407 g/mol. The van der Waals surface area contributed by atoms with Crippen molar-refractivity contribution in [3.05, 3.63) is 29.3 Å². The first kappa shape index (κ1) is 23.9. The summed E-state index contributed by atoms with van der Waals surface area (Å²) in [6, 6.07) is 4.72. The lowest BCUT2D eigenvalue weighted by Gasteiger charge is -2.38. The number of amides is 1. The second-order valence-corrected chi connectivity index (χ2v) is 8.78. The third-order valence-electron chi connectivity index (χ3n) is 6.66. The Bertz CT molecular complexity index is 725. The number of halogens is 3. The van der Waals surface area contributed by atoms with Crippen molar-refractivity contribution in [1.82, 2.24) is 10.2 Å². The number of hydrogen-bond acceptors (Lipinski definition) is 4. The molecule has 1 aliphatic heterocycles. The van der Waals surface area contributed by atoms with E-state index in [1.165, 1.54) is 13.2 Å². The summed E-state index contributed by atoms with van der Waals surface area (Å²) >= 11 is 0. The predicted molar refractivity (Wildman–Crippen MR) is 115 cm³/mol. The van der Waals surface area contributed by atoms with Crippen LogP contribution in [0.25, 0.3) is 0 Å². The maximum absolute atomic E-state index is 13.2. The number of carbonyl (C=O) groups excluding carboxylic acids is 1. The van der Waals surface area contributed by atoms with Gasteiger partial charge in [0, 0.05) is 45.0 Å². The summed E-state index contributed by atoms with van der Waals surface area (Å²) in [5.41, 5.74) is 0.475. The Kier molecular flexibility index (Phi) is 8.22. The third-order valence-corrected chi connectivity index (χ3v) is 6.66. The number of nitrogens with one attached hydrogen (secondary N) is 1. The van der Waals surface area contributed by atoms with Crippen molar-refractivity contribution < 1.29 is 22.7 Å². The minimum Gasteiger partial charge on any atom is -0.375 e. The molecule has 1 saturated carbocycles. The summed E-state index contributed by atoms with van der Waals surface area (Å²) in [7, 11) is 1.52. The number of nitrogens with zero attached hydrogens (tertiary/aromatic N) is 2. The summed E-state index contributed by atoms with van der Waals surface area (Å²) in [4.78, 5) is 16.1. The fourth-order valence-corrected chi connectivity index (χ4v) is 4.85. The highest BCUT2D eigenvalue weighted by atomic mass is 19.4. The monoisotopic (exact) mass is 441 g/mol. The van der Waals surface area contributed by atoms with Crippen molar-refractivity contribution in [1.29, 1.82) is 0 Å². The van der Waals surface area contributed by atoms with E-state index in [0.29, 0.717) is 17.2 Å². The molecule has 0 atom stereocenters. The molecule has 0 spiro atoms. The molecule has 0 aromatic heterocycles. The van der Waals surface area contributed by atoms with Gasteiger partial charge in [0.1, 0.15) is 6.61 Å². The lowest BCUT2D eigenvalue weighted by atomic mass is 9.84. The van der Waals surface area contributed by atoms with Gasteiger partial charge in [0.25, 0.3) is 0 Å². The fourth-order valence-electron chi connectivity index (χ4n) is 4.85. The van der Waals surface area contributed by atoms with Crippen molar-refractivity contribution in [2.75, 3.05) is 51.3 Å². The molecular formula is C23H34F3N3O2. The van der Waals surface area contributed by atoms with Gasteiger partial charge < -0.3 is 15.0 Å². The van der Waals surface area contributed by atoms with Crippen LogP contribution in [-0.4, -0.2) is 63.3 Å². The van der Waals surface area contributed by atoms with Crippen molar-refractivity contribution in [2.24, 2.45) is 5.92 Å². The van der Waals surface area contributed by atoms with Gasteiger partial charge in [0.15, 0.2) is 0 Å². The zero-order chi connectivity index (χ0) is 22.4. The van der Waals surface area contributed by atoms with E-state index in [0.717, 1.165) is 70.9 Å². The summed E-state index contributed by atoms with van der Waals surface area (Å²) in [5, 5.41) is 3.03. The molecule has 1 N–H and O–H groups in total. The number of carbonyl (C=O) groups is 1. The molecule has 1 aromatic carbocycles. The number of piperazine rings is 1. The second kappa shape index (κ2) is 10.7. The van der Waals surface area contributed by atoms with E-state index in [1.54, 1.807) is 13.0 Å². The Morgan fingerprint density at radius 1 is 1.13 bits per heavy atom. The van der Waals surface area contributed by atoms with Gasteiger partial charge in [0.05, 0.1) is 5.56 Å². The molecule has 31 heavy (non-hydrogen) atoms. The molecule has 1 saturated heterocycles. The molecule has 1 amide bonds. The normalized spacial score (nSPS) is 23.1. The van der Waals surface area contributed by atoms with E-state index >= 15 is 0 Å². The van der Waals surface area contributed by atoms with Gasteiger partial charge >= 0.3 is 6.18 Å². The van der Waals surface area contributed by atoms with E-state index in [1.807, 2.05) is 0 Å². The van der Waals surface area contributed by atoms with Crippen LogP contribution in [0.4, 0.5) is 18.9 Å². The number of ether oxygens (including phenoxy) is 1. The quantitative estimate of drug-likeness (QED) is 0.698. The third kappa shape index (κ3) is 6.59. The number of rotatable bonds is 7. The molecule has 2 aliphatic rings. The van der Waals surface area contributed by atoms with E-state index in [2.05, 4.69) is 15.1 Å². The number of anilines is 1. The molecule has 1 aromatic rings. The Hall–Kier alpha value is -1.80. The van der Waals surface area contributed by atoms with Gasteiger partial charge in [-0.2, -0.15) is 13.2 Å². The summed E-state index contributed by atoms with van der Waals surface area (Å²) < 4.78 is 44.5. The average molecular weight is 442 g/mol. The molecule has 8 heteroatoms. The van der Waals surface area contributed by atoms with Gasteiger partial charge in [-0.05, 0) is 69.2 Å². The molecule has 174 valence electrons. The van der Waals surface area contributed by atoms with Gasteiger partial charge in [-0.15, -0.1) is 0 Å². The summed E-state index contributed by atoms with van der Waals surface area (Å²) in [6.07, 6.45) is 1.11. The molecule has 2 fully saturated rings. The van der Waals surface area contributed by atoms with Crippen LogP contribution in [0.1, 0.15) is 43.2 Å². The first-order valence-electron chi connectivity index (χ1n) is 11.2. The van der Waals surface area contributed by atoms with Crippen LogP contribution in [0.2, 0.25) is 0 Å². The molecule has 0 radical (unpaired) electrons. The second-order valence-electron chi connectivity index (χ2n) is 8.78. The van der Waals surface area contributed by atoms with E-state index in [4.69, 9.17) is 4.74 Å². The van der Waals surface area contributed by atoms with Crippen molar-refractivity contribution in [3.8, 4) is 0 Å². The Labute approximate surface area is 182 Å². The standard InChI is InChI=1S/C23H34F3N3O2/c1-17-20(23(24,25)26)4-3-5-21(17)29-14-12-28(13-15-29)11-10-18-6-8-19(9-7-18)27-22(30)16-31-2/h3-5,18-19H,6-16H2,1-2H3,(H,27,30)/t18-,19-. The topological polar surface area (TPSA) is 44.8 Å². The molecule has 3 rings (SSSR count). The molecule has 0 bridgehead atoms. The maximum Gasteiger partial charge on any atom is 0.416 e. The van der Waals surface area contributed by atoms with Crippen molar-refractivity contribution >= 4 is 11.6 Å². The average Bonchev–Trinajstić information content (AvgIpc) is 2.73. The first-order valence-corrected chi connectivity index (χ1v) is 11.2. The van der Waals surface area contributed by atoms with E-state index < -0.39 is 11.7 Å². The van der Waals surface area contributed by atoms with Crippen LogP contribution in [0.15, 0.2) is 18.2 Å². The number of benzene rings is 1. The molecule has 1 heterocycles. The van der Waals surface area contributed by atoms with Gasteiger partial charge in [0.2, 0.25) is 5.91 Å². The van der Waals surface area contributed by atoms with Gasteiger partial charge in [-0.1, -0.05) is 6.07 Å². The van der Waals surface area contributed by atoms with E-state index in [9.17, 15) is 18.0 Å². The largest absolute Gasteiger partial charge is 0.416 e. The van der Waals surface area contributed by atoms with Crippen LogP contribution in [0, 0.1) is 12.8 Å². The number of alkyl halides is 3. The van der Waals surface area contributed by atoms with Crippen LogP contribution >= 0.6 is 0 Å². The minimum absolute atomic E-state index is 0.0418. The van der Waals surface area contributed by atoms with Crippen molar-refractivity contribution in [2.45, 2.75) is 51.2 Å². The highest BCUT2D eigenvalue weighted by Crippen LogP contribution is 2.36. The van der Waals surface area contributed by atoms with E-state index in [-0.39, 0.29) is 18.6 Å². The zero-order valence-electron chi connectivity index (χ0n) is 18.5. The zero-order valence-corrected chi connectivity index (χ0v) is 18.5. The predicted octanol–water partition coefficient (Wildman–Crippen LogP) is 3.85. The Balaban J connectivity index is 1.40. The highest BCUT2D eigenvalue weighted by Gasteiger charge is 2.34. The summed E-state index contributed by atoms with van der Waals surface area (Å²) in [5.74, 6) is 0.638. The van der Waals surface area contributed by atoms with Crippen LogP contribution < -0.4 is 10.2 Å². The number of methoxy groups -OCH3 is 1.